The lowest BCUT2D eigenvalue weighted by molar-refractivity contribution is -0.122. The Balaban J connectivity index is 1.79. The quantitative estimate of drug-likeness (QED) is 0.926. The van der Waals surface area contributed by atoms with Crippen LogP contribution in [0.1, 0.15) is 43.8 Å². The molecule has 4 heteroatoms. The number of aliphatic hydroxyl groups is 1. The summed E-state index contributed by atoms with van der Waals surface area (Å²) in [5, 5.41) is 11.0. The van der Waals surface area contributed by atoms with Gasteiger partial charge in [-0.05, 0) is 30.5 Å². The Kier molecular flexibility index (Phi) is 4.14. The van der Waals surface area contributed by atoms with E-state index in [4.69, 9.17) is 4.99 Å². The fourth-order valence-corrected chi connectivity index (χ4v) is 3.89. The minimum Gasteiger partial charge on any atom is -0.380 e. The number of aliphatic hydroxyl groups excluding tert-OH is 1. The van der Waals surface area contributed by atoms with Gasteiger partial charge in [0.15, 0.2) is 0 Å². The van der Waals surface area contributed by atoms with Gasteiger partial charge in [0, 0.05) is 0 Å². The van der Waals surface area contributed by atoms with Crippen LogP contribution in [0.25, 0.3) is 0 Å². The number of rotatable bonds is 3. The van der Waals surface area contributed by atoms with Gasteiger partial charge < -0.3 is 5.11 Å². The van der Waals surface area contributed by atoms with Gasteiger partial charge in [-0.25, -0.2) is 0 Å². The van der Waals surface area contributed by atoms with Crippen molar-refractivity contribution in [2.24, 2.45) is 4.99 Å². The lowest BCUT2D eigenvalue weighted by Gasteiger charge is -2.29. The van der Waals surface area contributed by atoms with Crippen molar-refractivity contribution >= 4 is 17.4 Å². The molecule has 0 radical (unpaired) electrons. The molecule has 4 nitrogen and oxygen atoms in total. The van der Waals surface area contributed by atoms with Crippen molar-refractivity contribution in [2.75, 3.05) is 4.90 Å². The Morgan fingerprint density at radius 3 is 2.16 bits per heavy atom. The number of amidine groups is 1. The molecular weight excluding hydrogens is 312 g/mol. The highest BCUT2D eigenvalue weighted by Gasteiger charge is 2.50. The number of para-hydroxylation sites is 1. The maximum absolute atomic E-state index is 13.3. The topological polar surface area (TPSA) is 52.9 Å². The van der Waals surface area contributed by atoms with E-state index in [0.29, 0.717) is 5.84 Å². The fraction of sp³-hybridized carbons (Fsp3) is 0.333. The normalized spacial score (nSPS) is 20.6. The van der Waals surface area contributed by atoms with E-state index in [2.05, 4.69) is 0 Å². The summed E-state index contributed by atoms with van der Waals surface area (Å²) < 4.78 is 0. The molecule has 1 unspecified atom stereocenters. The Bertz CT molecular complexity index is 780. The molecule has 1 atom stereocenters. The van der Waals surface area contributed by atoms with Crippen LogP contribution in [-0.2, 0) is 4.79 Å². The zero-order valence-electron chi connectivity index (χ0n) is 14.1. The molecule has 1 spiro atoms. The number of amides is 1. The molecule has 128 valence electrons. The van der Waals surface area contributed by atoms with E-state index in [9.17, 15) is 9.90 Å². The van der Waals surface area contributed by atoms with E-state index in [0.717, 1.165) is 43.4 Å². The maximum Gasteiger partial charge on any atom is 0.260 e. The molecule has 0 aromatic heterocycles. The van der Waals surface area contributed by atoms with Gasteiger partial charge in [0.1, 0.15) is 17.5 Å². The zero-order chi connectivity index (χ0) is 17.3. The monoisotopic (exact) mass is 334 g/mol. The predicted octanol–water partition coefficient (Wildman–Crippen LogP) is 3.87. The molecular formula is C21H22N2O2. The van der Waals surface area contributed by atoms with Crippen molar-refractivity contribution in [2.45, 2.75) is 43.7 Å². The highest BCUT2D eigenvalue weighted by Crippen LogP contribution is 2.41. The standard InChI is InChI=1S/C21H22N2O2/c24-18(16-10-4-1-5-11-16)19-22-21(14-8-3-9-15-21)20(25)23(19)17-12-6-2-7-13-17/h1-2,4-7,10-13,18,24H,3,8-9,14-15H2. The lowest BCUT2D eigenvalue weighted by Crippen LogP contribution is -2.44. The van der Waals surface area contributed by atoms with Crippen molar-refractivity contribution < 1.29 is 9.90 Å². The van der Waals surface area contributed by atoms with Crippen LogP contribution in [0.2, 0.25) is 0 Å². The summed E-state index contributed by atoms with van der Waals surface area (Å²) in [4.78, 5) is 19.8. The van der Waals surface area contributed by atoms with Crippen LogP contribution in [0.5, 0.6) is 0 Å². The van der Waals surface area contributed by atoms with Crippen LogP contribution >= 0.6 is 0 Å². The second-order valence-electron chi connectivity index (χ2n) is 6.85. The van der Waals surface area contributed by atoms with Crippen LogP contribution in [0, 0.1) is 0 Å². The van der Waals surface area contributed by atoms with Crippen LogP contribution in [0.3, 0.4) is 0 Å². The number of benzene rings is 2. The van der Waals surface area contributed by atoms with Gasteiger partial charge in [0.2, 0.25) is 0 Å². The molecule has 2 aromatic carbocycles. The first-order valence-corrected chi connectivity index (χ1v) is 8.94. The van der Waals surface area contributed by atoms with Crippen molar-refractivity contribution in [1.82, 2.24) is 0 Å². The summed E-state index contributed by atoms with van der Waals surface area (Å²) in [5.74, 6) is 0.452. The highest BCUT2D eigenvalue weighted by molar-refractivity contribution is 6.25. The minimum atomic E-state index is -0.911. The van der Waals surface area contributed by atoms with Crippen molar-refractivity contribution in [3.05, 3.63) is 66.2 Å². The van der Waals surface area contributed by atoms with Gasteiger partial charge >= 0.3 is 0 Å². The number of hydrogen-bond acceptors (Lipinski definition) is 3. The molecule has 1 fully saturated rings. The summed E-state index contributed by atoms with van der Waals surface area (Å²) in [6.45, 7) is 0. The first-order valence-electron chi connectivity index (χ1n) is 8.94. The van der Waals surface area contributed by atoms with Crippen LogP contribution in [-0.4, -0.2) is 22.4 Å². The summed E-state index contributed by atoms with van der Waals surface area (Å²) >= 11 is 0. The summed E-state index contributed by atoms with van der Waals surface area (Å²) in [7, 11) is 0. The zero-order valence-corrected chi connectivity index (χ0v) is 14.1. The first-order chi connectivity index (χ1) is 12.2. The van der Waals surface area contributed by atoms with Gasteiger partial charge in [0.05, 0.1) is 5.69 Å². The van der Waals surface area contributed by atoms with E-state index in [1.54, 1.807) is 4.90 Å². The van der Waals surface area contributed by atoms with E-state index in [-0.39, 0.29) is 5.91 Å². The molecule has 2 aromatic rings. The largest absolute Gasteiger partial charge is 0.380 e. The van der Waals surface area contributed by atoms with Gasteiger partial charge in [0.25, 0.3) is 5.91 Å². The molecule has 1 aliphatic heterocycles. The van der Waals surface area contributed by atoms with E-state index in [1.807, 2.05) is 60.7 Å². The van der Waals surface area contributed by atoms with Crippen molar-refractivity contribution in [3.63, 3.8) is 0 Å². The first kappa shape index (κ1) is 16.0. The molecule has 0 bridgehead atoms. The van der Waals surface area contributed by atoms with Crippen LogP contribution in [0.4, 0.5) is 5.69 Å². The predicted molar refractivity (Wildman–Crippen MR) is 98.6 cm³/mol. The third-order valence-corrected chi connectivity index (χ3v) is 5.21. The fourth-order valence-electron chi connectivity index (χ4n) is 3.89. The SMILES string of the molecule is O=C1N(c2ccccc2)C(C(O)c2ccccc2)=NC12CCCCC2. The van der Waals surface area contributed by atoms with E-state index >= 15 is 0 Å². The molecule has 1 aliphatic carbocycles. The van der Waals surface area contributed by atoms with E-state index < -0.39 is 11.6 Å². The van der Waals surface area contributed by atoms with E-state index in [1.165, 1.54) is 0 Å². The number of aliphatic imine (C=N–C) groups is 1. The third kappa shape index (κ3) is 2.76. The molecule has 0 saturated heterocycles. The molecule has 1 amide bonds. The molecule has 4 rings (SSSR count). The summed E-state index contributed by atoms with van der Waals surface area (Å²) in [6, 6.07) is 18.9. The van der Waals surface area contributed by atoms with Crippen molar-refractivity contribution in [1.29, 1.82) is 0 Å². The van der Waals surface area contributed by atoms with Gasteiger partial charge in [-0.1, -0.05) is 67.8 Å². The lowest BCUT2D eigenvalue weighted by atomic mass is 9.82. The summed E-state index contributed by atoms with van der Waals surface area (Å²) in [6.07, 6.45) is 3.78. The number of carbonyl (C=O) groups is 1. The third-order valence-electron chi connectivity index (χ3n) is 5.21. The summed E-state index contributed by atoms with van der Waals surface area (Å²) in [5.41, 5.74) is 0.825. The molecule has 1 N–H and O–H groups in total. The molecule has 1 heterocycles. The molecule has 25 heavy (non-hydrogen) atoms. The smallest absolute Gasteiger partial charge is 0.260 e. The Morgan fingerprint density at radius 2 is 1.52 bits per heavy atom. The number of carbonyl (C=O) groups excluding carboxylic acids is 1. The number of anilines is 1. The van der Waals surface area contributed by atoms with Crippen LogP contribution < -0.4 is 4.90 Å². The average Bonchev–Trinajstić information content (AvgIpc) is 2.95. The number of hydrogen-bond donors (Lipinski definition) is 1. The Labute approximate surface area is 147 Å². The second-order valence-corrected chi connectivity index (χ2v) is 6.85. The Hall–Kier alpha value is -2.46. The molecule has 2 aliphatic rings. The molecule has 1 saturated carbocycles. The average molecular weight is 334 g/mol. The minimum absolute atomic E-state index is 0.00313. The Morgan fingerprint density at radius 1 is 0.920 bits per heavy atom. The van der Waals surface area contributed by atoms with Gasteiger partial charge in [-0.15, -0.1) is 0 Å². The van der Waals surface area contributed by atoms with Gasteiger partial charge in [-0.2, -0.15) is 0 Å². The van der Waals surface area contributed by atoms with Gasteiger partial charge in [-0.3, -0.25) is 14.7 Å². The second kappa shape index (κ2) is 6.45. The highest BCUT2D eigenvalue weighted by atomic mass is 16.3. The van der Waals surface area contributed by atoms with Crippen molar-refractivity contribution in [3.8, 4) is 0 Å². The number of nitrogens with zero attached hydrogens (tertiary/aromatic N) is 2. The maximum atomic E-state index is 13.3. The van der Waals surface area contributed by atoms with Crippen LogP contribution in [0.15, 0.2) is 65.7 Å².